The van der Waals surface area contributed by atoms with Gasteiger partial charge < -0.3 is 4.74 Å². The first-order chi connectivity index (χ1) is 4.36. The second-order valence-corrected chi connectivity index (χ2v) is 1.23. The standard InChI is InChI=1S/C4H2F5O/c1-2(5)10-4(8,9)3(6)7/h1H2. The summed E-state index contributed by atoms with van der Waals surface area (Å²) < 4.78 is 59.0. The van der Waals surface area contributed by atoms with Crippen LogP contribution in [0.2, 0.25) is 0 Å². The van der Waals surface area contributed by atoms with E-state index >= 15 is 0 Å². The van der Waals surface area contributed by atoms with E-state index in [0.29, 0.717) is 0 Å². The Hall–Kier alpha value is -0.810. The molecule has 0 rings (SSSR count). The number of halogens is 5. The first-order valence-electron chi connectivity index (χ1n) is 1.96. The van der Waals surface area contributed by atoms with E-state index < -0.39 is 18.5 Å². The molecule has 0 aromatic heterocycles. The molecule has 0 heterocycles. The lowest BCUT2D eigenvalue weighted by Gasteiger charge is -2.12. The summed E-state index contributed by atoms with van der Waals surface area (Å²) in [5, 5.41) is 0. The van der Waals surface area contributed by atoms with Crippen molar-refractivity contribution in [1.29, 1.82) is 0 Å². The molecule has 0 amide bonds. The molecule has 0 aromatic carbocycles. The van der Waals surface area contributed by atoms with Crippen LogP contribution in [0.3, 0.4) is 0 Å². The van der Waals surface area contributed by atoms with Crippen LogP contribution in [0.15, 0.2) is 12.6 Å². The van der Waals surface area contributed by atoms with Crippen molar-refractivity contribution in [2.24, 2.45) is 0 Å². The quantitative estimate of drug-likeness (QED) is 0.456. The predicted molar refractivity (Wildman–Crippen MR) is 21.7 cm³/mol. The minimum Gasteiger partial charge on any atom is -0.402 e. The van der Waals surface area contributed by atoms with Crippen LogP contribution in [-0.2, 0) is 4.74 Å². The second-order valence-electron chi connectivity index (χ2n) is 1.23. The fraction of sp³-hybridized carbons (Fsp3) is 0.250. The molecule has 0 aliphatic carbocycles. The number of ether oxygens (including phenoxy) is 1. The van der Waals surface area contributed by atoms with E-state index in [1.165, 1.54) is 0 Å². The lowest BCUT2D eigenvalue weighted by atomic mass is 10.6. The number of rotatable bonds is 3. The molecule has 0 unspecified atom stereocenters. The van der Waals surface area contributed by atoms with Gasteiger partial charge in [-0.15, -0.1) is 0 Å². The summed E-state index contributed by atoms with van der Waals surface area (Å²) in [6.45, 7) is 2.21. The molecule has 0 atom stereocenters. The molecule has 0 spiro atoms. The van der Waals surface area contributed by atoms with Gasteiger partial charge in [-0.25, -0.2) is 0 Å². The Kier molecular flexibility index (Phi) is 2.62. The van der Waals surface area contributed by atoms with E-state index in [9.17, 15) is 22.0 Å². The van der Waals surface area contributed by atoms with Gasteiger partial charge in [-0.05, 0) is 6.58 Å². The molecule has 0 saturated carbocycles. The Morgan fingerprint density at radius 2 is 1.60 bits per heavy atom. The molecule has 1 radical (unpaired) electrons. The third-order valence-electron chi connectivity index (χ3n) is 0.459. The highest BCUT2D eigenvalue weighted by Crippen LogP contribution is 2.31. The monoisotopic (exact) mass is 161 g/mol. The molecule has 59 valence electrons. The third-order valence-corrected chi connectivity index (χ3v) is 0.459. The summed E-state index contributed by atoms with van der Waals surface area (Å²) in [6, 6.07) is -1.96. The Morgan fingerprint density at radius 3 is 1.70 bits per heavy atom. The van der Waals surface area contributed by atoms with E-state index in [0.717, 1.165) is 0 Å². The van der Waals surface area contributed by atoms with Gasteiger partial charge in [0.1, 0.15) is 0 Å². The highest BCUT2D eigenvalue weighted by Gasteiger charge is 2.46. The fourth-order valence-corrected chi connectivity index (χ4v) is 0.178. The number of hydrogen-bond acceptors (Lipinski definition) is 1. The van der Waals surface area contributed by atoms with Gasteiger partial charge in [0.2, 0.25) is 0 Å². The van der Waals surface area contributed by atoms with Crippen LogP contribution in [0.4, 0.5) is 22.0 Å². The van der Waals surface area contributed by atoms with Crippen molar-refractivity contribution >= 4 is 0 Å². The molecule has 0 bridgehead atoms. The second kappa shape index (κ2) is 2.85. The highest BCUT2D eigenvalue weighted by atomic mass is 19.3. The maximum absolute atomic E-state index is 11.5. The highest BCUT2D eigenvalue weighted by molar-refractivity contribution is 4.78. The van der Waals surface area contributed by atoms with Crippen molar-refractivity contribution in [1.82, 2.24) is 0 Å². The van der Waals surface area contributed by atoms with Gasteiger partial charge >= 0.3 is 12.5 Å². The average molecular weight is 161 g/mol. The molecule has 6 heteroatoms. The Balaban J connectivity index is 3.99. The summed E-state index contributed by atoms with van der Waals surface area (Å²) in [7, 11) is 0. The van der Waals surface area contributed by atoms with Crippen molar-refractivity contribution in [3.63, 3.8) is 0 Å². The summed E-state index contributed by atoms with van der Waals surface area (Å²) in [6.07, 6.45) is -8.18. The van der Waals surface area contributed by atoms with E-state index in [4.69, 9.17) is 0 Å². The zero-order valence-electron chi connectivity index (χ0n) is 4.51. The molecule has 0 fully saturated rings. The van der Waals surface area contributed by atoms with Gasteiger partial charge in [0, 0.05) is 0 Å². The molecular formula is C4H2F5O. The van der Waals surface area contributed by atoms with Gasteiger partial charge in [0.05, 0.1) is 0 Å². The maximum atomic E-state index is 11.5. The number of hydrogen-bond donors (Lipinski definition) is 0. The van der Waals surface area contributed by atoms with Gasteiger partial charge in [-0.3, -0.25) is 0 Å². The van der Waals surface area contributed by atoms with Gasteiger partial charge in [-0.2, -0.15) is 22.0 Å². The van der Waals surface area contributed by atoms with Crippen LogP contribution < -0.4 is 0 Å². The summed E-state index contributed by atoms with van der Waals surface area (Å²) in [4.78, 5) is 0. The lowest BCUT2D eigenvalue weighted by Crippen LogP contribution is -2.23. The summed E-state index contributed by atoms with van der Waals surface area (Å²) >= 11 is 0. The third kappa shape index (κ3) is 2.65. The normalized spacial score (nSPS) is 11.8. The Bertz CT molecular complexity index is 132. The van der Waals surface area contributed by atoms with E-state index in [2.05, 4.69) is 11.3 Å². The van der Waals surface area contributed by atoms with Crippen molar-refractivity contribution in [2.75, 3.05) is 0 Å². The van der Waals surface area contributed by atoms with Crippen LogP contribution in [0.25, 0.3) is 0 Å². The smallest absolute Gasteiger partial charge is 0.402 e. The largest absolute Gasteiger partial charge is 0.473 e. The molecule has 1 nitrogen and oxygen atoms in total. The van der Waals surface area contributed by atoms with Crippen LogP contribution in [0.5, 0.6) is 0 Å². The fourth-order valence-electron chi connectivity index (χ4n) is 0.178. The van der Waals surface area contributed by atoms with E-state index in [1.54, 1.807) is 0 Å². The zero-order chi connectivity index (χ0) is 8.36. The van der Waals surface area contributed by atoms with Crippen molar-refractivity contribution in [3.8, 4) is 0 Å². The molecule has 0 aliphatic rings. The van der Waals surface area contributed by atoms with E-state index in [1.807, 2.05) is 0 Å². The lowest BCUT2D eigenvalue weighted by molar-refractivity contribution is -0.248. The zero-order valence-corrected chi connectivity index (χ0v) is 4.51. The van der Waals surface area contributed by atoms with Crippen LogP contribution in [0, 0.1) is 6.43 Å². The predicted octanol–water partition coefficient (Wildman–Crippen LogP) is 2.46. The van der Waals surface area contributed by atoms with Crippen LogP contribution >= 0.6 is 0 Å². The molecular weight excluding hydrogens is 159 g/mol. The molecule has 10 heavy (non-hydrogen) atoms. The van der Waals surface area contributed by atoms with E-state index in [-0.39, 0.29) is 0 Å². The number of alkyl halides is 2. The minimum atomic E-state index is -4.87. The van der Waals surface area contributed by atoms with Gasteiger partial charge in [-0.1, -0.05) is 0 Å². The Morgan fingerprint density at radius 1 is 1.20 bits per heavy atom. The van der Waals surface area contributed by atoms with Gasteiger partial charge in [0.15, 0.2) is 0 Å². The minimum absolute atomic E-state index is 1.96. The summed E-state index contributed by atoms with van der Waals surface area (Å²) in [5.41, 5.74) is 0. The summed E-state index contributed by atoms with van der Waals surface area (Å²) in [5.74, 6) is 0. The molecule has 0 N–H and O–H groups in total. The maximum Gasteiger partial charge on any atom is 0.473 e. The van der Waals surface area contributed by atoms with Crippen molar-refractivity contribution in [3.05, 3.63) is 19.0 Å². The average Bonchev–Trinajstić information content (AvgIpc) is 1.60. The van der Waals surface area contributed by atoms with Crippen molar-refractivity contribution < 1.29 is 26.7 Å². The molecule has 0 aliphatic heterocycles. The molecule has 0 saturated heterocycles. The van der Waals surface area contributed by atoms with Crippen LogP contribution in [0.1, 0.15) is 0 Å². The first kappa shape index (κ1) is 9.19. The van der Waals surface area contributed by atoms with Crippen LogP contribution in [-0.4, -0.2) is 6.11 Å². The van der Waals surface area contributed by atoms with Gasteiger partial charge in [0.25, 0.3) is 6.01 Å². The topological polar surface area (TPSA) is 9.23 Å². The van der Waals surface area contributed by atoms with Crippen molar-refractivity contribution in [2.45, 2.75) is 6.11 Å². The first-order valence-corrected chi connectivity index (χ1v) is 1.96. The Labute approximate surface area is 53.1 Å². The molecule has 0 aromatic rings. The SMILES string of the molecule is C=C(F)OC(F)(F)[C](F)F.